The van der Waals surface area contributed by atoms with Crippen LogP contribution in [0.5, 0.6) is 5.75 Å². The number of pyridine rings is 1. The molecule has 24 heavy (non-hydrogen) atoms. The van der Waals surface area contributed by atoms with Crippen LogP contribution in [0.25, 0.3) is 0 Å². The van der Waals surface area contributed by atoms with Gasteiger partial charge < -0.3 is 19.9 Å². The van der Waals surface area contributed by atoms with E-state index in [2.05, 4.69) is 20.8 Å². The van der Waals surface area contributed by atoms with Crippen molar-refractivity contribution in [1.82, 2.24) is 20.8 Å². The van der Waals surface area contributed by atoms with Crippen LogP contribution in [-0.2, 0) is 0 Å². The zero-order valence-corrected chi connectivity index (χ0v) is 14.7. The van der Waals surface area contributed by atoms with Gasteiger partial charge >= 0.3 is 6.03 Å². The summed E-state index contributed by atoms with van der Waals surface area (Å²) < 4.78 is 10.5. The number of urea groups is 1. The minimum atomic E-state index is -0.256. The smallest absolute Gasteiger partial charge is 0.315 e. The van der Waals surface area contributed by atoms with Crippen LogP contribution in [-0.4, -0.2) is 23.3 Å². The molecule has 2 aromatic heterocycles. The van der Waals surface area contributed by atoms with Crippen LogP contribution >= 0.6 is 0 Å². The third-order valence-corrected chi connectivity index (χ3v) is 4.00. The second-order valence-electron chi connectivity index (χ2n) is 5.66. The number of carbonyl (C=O) groups excluding carboxylic acids is 1. The van der Waals surface area contributed by atoms with Crippen LogP contribution in [0.1, 0.15) is 54.9 Å². The fourth-order valence-corrected chi connectivity index (χ4v) is 2.76. The van der Waals surface area contributed by atoms with Crippen LogP contribution in [0, 0.1) is 13.8 Å². The molecule has 0 aromatic carbocycles. The number of aromatic nitrogens is 2. The summed E-state index contributed by atoms with van der Waals surface area (Å²) in [7, 11) is 1.58. The first kappa shape index (κ1) is 17.8. The Hall–Kier alpha value is -2.57. The Balaban J connectivity index is 2.06. The zero-order chi connectivity index (χ0) is 17.7. The van der Waals surface area contributed by atoms with Crippen molar-refractivity contribution in [3.8, 4) is 5.75 Å². The molecule has 0 saturated heterocycles. The first-order valence-electron chi connectivity index (χ1n) is 7.95. The highest BCUT2D eigenvalue weighted by molar-refractivity contribution is 5.75. The van der Waals surface area contributed by atoms with Crippen LogP contribution in [0.3, 0.4) is 0 Å². The fourth-order valence-electron chi connectivity index (χ4n) is 2.76. The van der Waals surface area contributed by atoms with Crippen molar-refractivity contribution in [2.24, 2.45) is 0 Å². The molecule has 0 fully saturated rings. The normalized spacial score (nSPS) is 13.2. The maximum absolute atomic E-state index is 12.4. The van der Waals surface area contributed by atoms with Gasteiger partial charge in [-0.1, -0.05) is 12.1 Å². The summed E-state index contributed by atoms with van der Waals surface area (Å²) in [6, 6.07) is 1.20. The molecule has 0 spiro atoms. The van der Waals surface area contributed by atoms with Crippen molar-refractivity contribution in [3.05, 3.63) is 41.0 Å². The fraction of sp³-hybridized carbons (Fsp3) is 0.471. The van der Waals surface area contributed by atoms with Crippen molar-refractivity contribution >= 4 is 6.03 Å². The molecule has 0 aliphatic rings. The van der Waals surface area contributed by atoms with Crippen molar-refractivity contribution in [2.75, 3.05) is 7.11 Å². The molecule has 0 radical (unpaired) electrons. The number of aryl methyl sites for hydroxylation is 2. The summed E-state index contributed by atoms with van der Waals surface area (Å²) in [5, 5.41) is 9.86. The average molecular weight is 332 g/mol. The van der Waals surface area contributed by atoms with Crippen LogP contribution in [0.4, 0.5) is 4.79 Å². The summed E-state index contributed by atoms with van der Waals surface area (Å²) in [5.74, 6) is 1.37. The van der Waals surface area contributed by atoms with Gasteiger partial charge in [0, 0.05) is 17.3 Å². The zero-order valence-electron chi connectivity index (χ0n) is 14.7. The van der Waals surface area contributed by atoms with Gasteiger partial charge in [0.15, 0.2) is 0 Å². The number of carbonyl (C=O) groups is 1. The monoisotopic (exact) mass is 332 g/mol. The van der Waals surface area contributed by atoms with Gasteiger partial charge in [-0.05, 0) is 33.3 Å². The van der Waals surface area contributed by atoms with E-state index in [0.29, 0.717) is 5.75 Å². The van der Waals surface area contributed by atoms with Crippen LogP contribution in [0.15, 0.2) is 23.0 Å². The van der Waals surface area contributed by atoms with Crippen molar-refractivity contribution in [3.63, 3.8) is 0 Å². The van der Waals surface area contributed by atoms with Gasteiger partial charge in [-0.25, -0.2) is 4.79 Å². The average Bonchev–Trinajstić information content (AvgIpc) is 2.91. The molecule has 2 N–H and O–H groups in total. The van der Waals surface area contributed by atoms with Gasteiger partial charge in [0.05, 0.1) is 31.1 Å². The molecule has 0 aliphatic carbocycles. The molecule has 0 aliphatic heterocycles. The molecule has 2 heterocycles. The molecule has 0 bridgehead atoms. The van der Waals surface area contributed by atoms with Gasteiger partial charge in [-0.3, -0.25) is 4.98 Å². The van der Waals surface area contributed by atoms with E-state index < -0.39 is 0 Å². The summed E-state index contributed by atoms with van der Waals surface area (Å²) in [6.07, 6.45) is 4.04. The number of nitrogens with zero attached hydrogens (tertiary/aromatic N) is 2. The van der Waals surface area contributed by atoms with Crippen LogP contribution < -0.4 is 15.4 Å². The number of rotatable bonds is 6. The molecule has 7 heteroatoms. The van der Waals surface area contributed by atoms with Gasteiger partial charge in [-0.2, -0.15) is 0 Å². The molecule has 2 rings (SSSR count). The molecule has 0 unspecified atom stereocenters. The highest BCUT2D eigenvalue weighted by Crippen LogP contribution is 2.25. The van der Waals surface area contributed by atoms with E-state index in [-0.39, 0.29) is 18.1 Å². The Morgan fingerprint density at radius 2 is 2.12 bits per heavy atom. The lowest BCUT2D eigenvalue weighted by atomic mass is 10.0. The lowest BCUT2D eigenvalue weighted by molar-refractivity contribution is 0.233. The maximum atomic E-state index is 12.4. The Labute approximate surface area is 141 Å². The Morgan fingerprint density at radius 1 is 1.38 bits per heavy atom. The highest BCUT2D eigenvalue weighted by atomic mass is 16.5. The Morgan fingerprint density at radius 3 is 2.71 bits per heavy atom. The van der Waals surface area contributed by atoms with Gasteiger partial charge in [-0.15, -0.1) is 0 Å². The number of ether oxygens (including phenoxy) is 1. The van der Waals surface area contributed by atoms with Gasteiger partial charge in [0.25, 0.3) is 0 Å². The lowest BCUT2D eigenvalue weighted by Crippen LogP contribution is -2.39. The molecular weight excluding hydrogens is 308 g/mol. The standard InChI is InChI=1S/C17H24N4O3/c1-6-14(16-11(3)21-24-12(16)4)20-17(22)19-10(2)13-7-8-18-9-15(13)23-5/h7-10,14H,6H2,1-5H3,(H2,19,20,22)/t10-,14+/m0/s1. The van der Waals surface area contributed by atoms with Crippen molar-refractivity contribution in [2.45, 2.75) is 46.2 Å². The van der Waals surface area contributed by atoms with E-state index in [1.165, 1.54) is 0 Å². The predicted octanol–water partition coefficient (Wildman–Crippen LogP) is 3.21. The molecule has 0 saturated carbocycles. The third kappa shape index (κ3) is 3.84. The molecule has 7 nitrogen and oxygen atoms in total. The largest absolute Gasteiger partial charge is 0.495 e. The minimum absolute atomic E-state index is 0.150. The number of hydrogen-bond acceptors (Lipinski definition) is 5. The number of nitrogens with one attached hydrogen (secondary N) is 2. The van der Waals surface area contributed by atoms with E-state index in [1.807, 2.05) is 33.8 Å². The topological polar surface area (TPSA) is 89.3 Å². The lowest BCUT2D eigenvalue weighted by Gasteiger charge is -2.21. The van der Waals surface area contributed by atoms with E-state index in [9.17, 15) is 4.79 Å². The second kappa shape index (κ2) is 7.81. The van der Waals surface area contributed by atoms with E-state index in [0.717, 1.165) is 29.0 Å². The quantitative estimate of drug-likeness (QED) is 0.848. The third-order valence-electron chi connectivity index (χ3n) is 4.00. The van der Waals surface area contributed by atoms with Gasteiger partial charge in [0.2, 0.25) is 0 Å². The Kier molecular flexibility index (Phi) is 5.78. The van der Waals surface area contributed by atoms with Crippen molar-refractivity contribution < 1.29 is 14.1 Å². The summed E-state index contributed by atoms with van der Waals surface area (Å²) in [4.78, 5) is 16.4. The number of amides is 2. The Bertz CT molecular complexity index is 679. The first-order valence-corrected chi connectivity index (χ1v) is 7.95. The summed E-state index contributed by atoms with van der Waals surface area (Å²) in [5.41, 5.74) is 2.60. The highest BCUT2D eigenvalue weighted by Gasteiger charge is 2.22. The molecule has 130 valence electrons. The number of methoxy groups -OCH3 is 1. The summed E-state index contributed by atoms with van der Waals surface area (Å²) in [6.45, 7) is 7.63. The SMILES string of the molecule is CC[C@@H](NC(=O)N[C@@H](C)c1ccncc1OC)c1c(C)noc1C. The number of hydrogen-bond donors (Lipinski definition) is 2. The van der Waals surface area contributed by atoms with E-state index in [1.54, 1.807) is 19.5 Å². The predicted molar refractivity (Wildman–Crippen MR) is 89.9 cm³/mol. The van der Waals surface area contributed by atoms with Crippen LogP contribution in [0.2, 0.25) is 0 Å². The first-order chi connectivity index (χ1) is 11.5. The van der Waals surface area contributed by atoms with Gasteiger partial charge in [0.1, 0.15) is 11.5 Å². The van der Waals surface area contributed by atoms with E-state index in [4.69, 9.17) is 9.26 Å². The minimum Gasteiger partial charge on any atom is -0.495 e. The molecule has 2 atom stereocenters. The summed E-state index contributed by atoms with van der Waals surface area (Å²) >= 11 is 0. The van der Waals surface area contributed by atoms with E-state index >= 15 is 0 Å². The molecule has 2 aromatic rings. The molecule has 2 amide bonds. The van der Waals surface area contributed by atoms with Crippen molar-refractivity contribution in [1.29, 1.82) is 0 Å². The molecular formula is C17H24N4O3. The second-order valence-corrected chi connectivity index (χ2v) is 5.66. The maximum Gasteiger partial charge on any atom is 0.315 e.